The van der Waals surface area contributed by atoms with Gasteiger partial charge in [-0.25, -0.2) is 28.2 Å². The number of methoxy groups -OCH3 is 1. The molecular weight excluding hydrogens is 847 g/mol. The van der Waals surface area contributed by atoms with E-state index in [0.29, 0.717) is 66.6 Å². The Hall–Kier alpha value is -7.20. The molecule has 0 radical (unpaired) electrons. The minimum Gasteiger partial charge on any atom is -0.481 e. The van der Waals surface area contributed by atoms with Crippen molar-refractivity contribution in [2.75, 3.05) is 66.8 Å². The minimum absolute atomic E-state index is 0.0598. The van der Waals surface area contributed by atoms with Crippen LogP contribution >= 0.6 is 0 Å². The zero-order valence-electron chi connectivity index (χ0n) is 36.5. The van der Waals surface area contributed by atoms with Crippen LogP contribution in [0.4, 0.5) is 31.7 Å². The number of nitrogens with zero attached hydrogens (tertiary/aromatic N) is 11. The van der Waals surface area contributed by atoms with E-state index < -0.39 is 23.6 Å². The summed E-state index contributed by atoms with van der Waals surface area (Å²) in [5.41, 5.74) is 5.05. The number of piperidine rings is 2. The third-order valence-corrected chi connectivity index (χ3v) is 13.5. The van der Waals surface area contributed by atoms with Crippen LogP contribution in [-0.2, 0) is 9.59 Å². The molecule has 10 rings (SSSR count). The number of rotatable bonds is 11. The number of benzene rings is 1. The average Bonchev–Trinajstić information content (AvgIpc) is 4.01. The number of imide groups is 1. The maximum absolute atomic E-state index is 15.4. The van der Waals surface area contributed by atoms with E-state index in [1.807, 2.05) is 53.7 Å². The minimum atomic E-state index is -0.730. The molecule has 4 aliphatic rings. The number of ether oxygens (including phenoxy) is 1. The number of hydrogen-bond donors (Lipinski definition) is 3. The number of carbonyl (C=O) groups excluding carboxylic acids is 2. The summed E-state index contributed by atoms with van der Waals surface area (Å²) in [6, 6.07) is 12.7. The van der Waals surface area contributed by atoms with Gasteiger partial charge in [0.2, 0.25) is 17.7 Å². The molecule has 5 aromatic heterocycles. The molecule has 0 bridgehead atoms. The largest absolute Gasteiger partial charge is 0.481 e. The highest BCUT2D eigenvalue weighted by Gasteiger charge is 2.32. The van der Waals surface area contributed by atoms with Crippen LogP contribution in [0.2, 0.25) is 0 Å². The Kier molecular flexibility index (Phi) is 11.9. The van der Waals surface area contributed by atoms with E-state index in [1.54, 1.807) is 28.9 Å². The monoisotopic (exact) mass is 896 g/mol. The lowest BCUT2D eigenvalue weighted by atomic mass is 9.90. The predicted molar refractivity (Wildman–Crippen MR) is 243 cm³/mol. The van der Waals surface area contributed by atoms with Gasteiger partial charge in [0.15, 0.2) is 11.6 Å². The van der Waals surface area contributed by atoms with Crippen LogP contribution in [0.3, 0.4) is 0 Å². The number of anilines is 4. The maximum Gasteiger partial charge on any atom is 0.249 e. The van der Waals surface area contributed by atoms with Gasteiger partial charge >= 0.3 is 0 Å². The first-order valence-electron chi connectivity index (χ1n) is 22.6. The molecule has 1 unspecified atom stereocenters. The van der Waals surface area contributed by atoms with Gasteiger partial charge in [-0.15, -0.1) is 0 Å². The van der Waals surface area contributed by atoms with Crippen molar-refractivity contribution in [3.8, 4) is 34.5 Å². The number of halogens is 2. The Bertz CT molecular complexity index is 2740. The zero-order valence-corrected chi connectivity index (χ0v) is 36.5. The summed E-state index contributed by atoms with van der Waals surface area (Å²) in [5.74, 6) is -0.753. The van der Waals surface area contributed by atoms with Crippen molar-refractivity contribution in [3.05, 3.63) is 90.8 Å². The van der Waals surface area contributed by atoms with Gasteiger partial charge in [0.1, 0.15) is 34.7 Å². The molecule has 4 fully saturated rings. The van der Waals surface area contributed by atoms with Crippen molar-refractivity contribution in [3.63, 3.8) is 0 Å². The first kappa shape index (κ1) is 42.7. The highest BCUT2D eigenvalue weighted by atomic mass is 19.1. The smallest absolute Gasteiger partial charge is 0.249 e. The van der Waals surface area contributed by atoms with Crippen LogP contribution in [0.5, 0.6) is 5.88 Å². The lowest BCUT2D eigenvalue weighted by molar-refractivity contribution is -0.133. The van der Waals surface area contributed by atoms with Crippen LogP contribution in [-0.4, -0.2) is 116 Å². The number of nitrogens with one attached hydrogen (secondary N) is 3. The highest BCUT2D eigenvalue weighted by molar-refractivity contribution is 6.01. The van der Waals surface area contributed by atoms with Crippen molar-refractivity contribution < 1.29 is 23.1 Å². The number of hydrogen-bond acceptors (Lipinski definition) is 14. The van der Waals surface area contributed by atoms with E-state index in [4.69, 9.17) is 19.8 Å². The number of nitriles is 1. The van der Waals surface area contributed by atoms with Gasteiger partial charge in [0.05, 0.1) is 55.0 Å². The fourth-order valence-electron chi connectivity index (χ4n) is 9.88. The Morgan fingerprint density at radius 2 is 1.55 bits per heavy atom. The van der Waals surface area contributed by atoms with Gasteiger partial charge in [0.25, 0.3) is 0 Å². The number of amides is 2. The second-order valence-corrected chi connectivity index (χ2v) is 17.5. The molecule has 66 heavy (non-hydrogen) atoms. The molecule has 2 amide bonds. The van der Waals surface area contributed by atoms with E-state index in [2.05, 4.69) is 41.9 Å². The van der Waals surface area contributed by atoms with Crippen LogP contribution in [0, 0.1) is 23.0 Å². The lowest BCUT2D eigenvalue weighted by Gasteiger charge is -2.42. The third-order valence-electron chi connectivity index (χ3n) is 13.5. The van der Waals surface area contributed by atoms with Gasteiger partial charge in [-0.1, -0.05) is 0 Å². The molecule has 340 valence electrons. The summed E-state index contributed by atoms with van der Waals surface area (Å²) < 4.78 is 39.7. The molecule has 17 nitrogen and oxygen atoms in total. The van der Waals surface area contributed by atoms with Gasteiger partial charge in [-0.3, -0.25) is 24.5 Å². The van der Waals surface area contributed by atoms with E-state index in [1.165, 1.54) is 12.1 Å². The highest BCUT2D eigenvalue weighted by Crippen LogP contribution is 2.35. The van der Waals surface area contributed by atoms with E-state index >= 15 is 8.78 Å². The molecule has 3 N–H and O–H groups in total. The Balaban J connectivity index is 0.752. The zero-order chi connectivity index (χ0) is 45.3. The molecule has 3 saturated heterocycles. The SMILES string of the molecule is COc1ccc(NC2CCN(c3ccc(-c4nc(-c5cnn([C@H]6CC[C@@H](N7CCN(c8c(F)cc(NC9CCC(=O)NC9=O)cc8F)CC7)CC6)c5)cn5ncc(C#N)c45)cn3)CC2)cn1. The quantitative estimate of drug-likeness (QED) is 0.132. The lowest BCUT2D eigenvalue weighted by Crippen LogP contribution is -2.51. The molecule has 1 atom stereocenters. The number of pyridine rings is 2. The molecule has 6 aromatic rings. The summed E-state index contributed by atoms with van der Waals surface area (Å²) in [4.78, 5) is 44.4. The number of piperazine rings is 1. The van der Waals surface area contributed by atoms with E-state index in [9.17, 15) is 14.9 Å². The molecule has 8 heterocycles. The van der Waals surface area contributed by atoms with Crippen LogP contribution in [0.15, 0.2) is 73.6 Å². The standard InChI is InChI=1S/C47H50F2N14O3/c1-66-43-11-3-33(26-52-43)55-32-12-14-60(15-13-32)41-9-2-29(23-51-41)44-45-30(22-50)24-54-63(45)28-40(57-44)31-25-53-62(27-31)36-6-4-35(5-7-36)59-16-18-61(19-17-59)46-37(48)20-34(21-38(46)49)56-39-8-10-42(64)58-47(39)65/h2-3,9,11,20-21,23-28,32,35-36,39,55-56H,4-8,10,12-19H2,1H3,(H,58,64,65)/t35-,36+,39?. The summed E-state index contributed by atoms with van der Waals surface area (Å²) in [7, 11) is 1.61. The topological polar surface area (TPSA) is 187 Å². The Morgan fingerprint density at radius 3 is 2.23 bits per heavy atom. The molecular formula is C47H50F2N14O3. The molecule has 1 aromatic carbocycles. The van der Waals surface area contributed by atoms with Crippen molar-refractivity contribution in [2.45, 2.75) is 75.5 Å². The summed E-state index contributed by atoms with van der Waals surface area (Å²) in [5, 5.41) is 28.0. The van der Waals surface area contributed by atoms with Crippen LogP contribution in [0.1, 0.15) is 63.0 Å². The Labute approximate surface area is 379 Å². The van der Waals surface area contributed by atoms with Crippen molar-refractivity contribution in [2.24, 2.45) is 0 Å². The van der Waals surface area contributed by atoms with Gasteiger partial charge in [0, 0.05) is 93.0 Å². The van der Waals surface area contributed by atoms with Crippen molar-refractivity contribution in [1.82, 2.24) is 44.6 Å². The molecule has 3 aliphatic heterocycles. The van der Waals surface area contributed by atoms with Gasteiger partial charge < -0.3 is 25.2 Å². The van der Waals surface area contributed by atoms with Crippen molar-refractivity contribution >= 4 is 40.2 Å². The van der Waals surface area contributed by atoms with Gasteiger partial charge in [-0.05, 0) is 75.3 Å². The molecule has 19 heteroatoms. The molecule has 1 aliphatic carbocycles. The van der Waals surface area contributed by atoms with E-state index in [0.717, 1.165) is 74.2 Å². The van der Waals surface area contributed by atoms with Gasteiger partial charge in [-0.2, -0.15) is 15.5 Å². The predicted octanol–water partition coefficient (Wildman–Crippen LogP) is 5.81. The Morgan fingerprint density at radius 1 is 0.773 bits per heavy atom. The number of fused-ring (bicyclic) bond motifs is 1. The second-order valence-electron chi connectivity index (χ2n) is 17.5. The molecule has 1 saturated carbocycles. The molecule has 0 spiro atoms. The fraction of sp³-hybridized carbons (Fsp3) is 0.404. The number of aromatic nitrogens is 7. The third kappa shape index (κ3) is 8.80. The normalized spacial score (nSPS) is 20.8. The summed E-state index contributed by atoms with van der Waals surface area (Å²) >= 11 is 0. The fourth-order valence-corrected chi connectivity index (χ4v) is 9.88. The summed E-state index contributed by atoms with van der Waals surface area (Å²) in [6.45, 7) is 4.06. The first-order chi connectivity index (χ1) is 32.2. The summed E-state index contributed by atoms with van der Waals surface area (Å²) in [6.07, 6.45) is 17.0. The number of carbonyl (C=O) groups is 2. The van der Waals surface area contributed by atoms with E-state index in [-0.39, 0.29) is 36.2 Å². The average molecular weight is 897 g/mol. The van der Waals surface area contributed by atoms with Crippen molar-refractivity contribution in [1.29, 1.82) is 5.26 Å². The van der Waals surface area contributed by atoms with Crippen LogP contribution < -0.4 is 30.5 Å². The second kappa shape index (κ2) is 18.4. The van der Waals surface area contributed by atoms with Crippen LogP contribution in [0.25, 0.3) is 28.0 Å². The first-order valence-corrected chi connectivity index (χ1v) is 22.6. The maximum atomic E-state index is 15.4.